The largest absolute Gasteiger partial charge is 0.480 e. The summed E-state index contributed by atoms with van der Waals surface area (Å²) < 4.78 is 15.9. The average molecular weight is 452 g/mol. The zero-order valence-corrected chi connectivity index (χ0v) is 19.3. The summed E-state index contributed by atoms with van der Waals surface area (Å²) in [6.07, 6.45) is -0.0156. The molecule has 0 aliphatic heterocycles. The Labute approximate surface area is 188 Å². The fourth-order valence-corrected chi connectivity index (χ4v) is 2.98. The summed E-state index contributed by atoms with van der Waals surface area (Å²) >= 11 is 0. The summed E-state index contributed by atoms with van der Waals surface area (Å²) in [6.45, 7) is 8.68. The highest BCUT2D eigenvalue weighted by atomic mass is 16.6. The highest BCUT2D eigenvalue weighted by Gasteiger charge is 2.30. The van der Waals surface area contributed by atoms with Gasteiger partial charge in [0.15, 0.2) is 11.5 Å². The number of hydrogen-bond acceptors (Lipinski definition) is 8. The quantitative estimate of drug-likeness (QED) is 0.362. The summed E-state index contributed by atoms with van der Waals surface area (Å²) in [5, 5.41) is 9.50. The van der Waals surface area contributed by atoms with Crippen LogP contribution in [0.15, 0.2) is 18.2 Å². The first-order valence-electron chi connectivity index (χ1n) is 10.7. The fourth-order valence-electron chi connectivity index (χ4n) is 2.98. The molecule has 32 heavy (non-hydrogen) atoms. The van der Waals surface area contributed by atoms with E-state index in [9.17, 15) is 24.3 Å². The molecule has 9 heteroatoms. The summed E-state index contributed by atoms with van der Waals surface area (Å²) in [7, 11) is 0. The van der Waals surface area contributed by atoms with Crippen LogP contribution in [0.5, 0.6) is 11.5 Å². The van der Waals surface area contributed by atoms with Gasteiger partial charge in [-0.1, -0.05) is 33.8 Å². The van der Waals surface area contributed by atoms with Crippen molar-refractivity contribution >= 4 is 23.9 Å². The molecule has 0 spiro atoms. The lowest BCUT2D eigenvalue weighted by molar-refractivity contribution is -0.149. The monoisotopic (exact) mass is 451 g/mol. The maximum atomic E-state index is 12.0. The van der Waals surface area contributed by atoms with E-state index < -0.39 is 36.0 Å². The molecule has 0 radical (unpaired) electrons. The minimum atomic E-state index is -1.31. The number of ether oxygens (including phenoxy) is 3. The van der Waals surface area contributed by atoms with Crippen LogP contribution in [0.2, 0.25) is 0 Å². The standard InChI is InChI=1S/C23H33NO8/c1-6-19(25)31-17-9-8-15(12-18(17)32-20(26)7-2)16(22(24)23(28)29)11-14(5)30-21(27)10-13(3)4/h8-9,12-14,16,22H,6-7,10-11,24H2,1-5H3,(H,28,29)/t14?,16?,22-/m0/s1. The Morgan fingerprint density at radius 3 is 2.00 bits per heavy atom. The number of rotatable bonds is 12. The van der Waals surface area contributed by atoms with E-state index in [1.165, 1.54) is 12.1 Å². The molecular weight excluding hydrogens is 418 g/mol. The number of carboxylic acids is 1. The van der Waals surface area contributed by atoms with Crippen molar-refractivity contribution < 1.29 is 38.5 Å². The molecule has 1 rings (SSSR count). The number of nitrogens with two attached hydrogens (primary N) is 1. The van der Waals surface area contributed by atoms with Crippen molar-refractivity contribution in [3.05, 3.63) is 23.8 Å². The highest BCUT2D eigenvalue weighted by molar-refractivity contribution is 5.77. The van der Waals surface area contributed by atoms with Gasteiger partial charge in [0.2, 0.25) is 0 Å². The second-order valence-corrected chi connectivity index (χ2v) is 7.97. The lowest BCUT2D eigenvalue weighted by Gasteiger charge is -2.25. The number of aliphatic carboxylic acids is 1. The van der Waals surface area contributed by atoms with Crippen molar-refractivity contribution in [3.8, 4) is 11.5 Å². The number of carbonyl (C=O) groups excluding carboxylic acids is 3. The summed E-state index contributed by atoms with van der Waals surface area (Å²) in [5.74, 6) is -3.28. The molecule has 0 saturated heterocycles. The van der Waals surface area contributed by atoms with E-state index in [0.717, 1.165) is 0 Å². The van der Waals surface area contributed by atoms with Crippen molar-refractivity contribution in [2.24, 2.45) is 11.7 Å². The zero-order valence-electron chi connectivity index (χ0n) is 19.3. The molecule has 0 saturated carbocycles. The Morgan fingerprint density at radius 2 is 1.50 bits per heavy atom. The Balaban J connectivity index is 3.26. The minimum Gasteiger partial charge on any atom is -0.480 e. The average Bonchev–Trinajstić information content (AvgIpc) is 2.71. The predicted molar refractivity (Wildman–Crippen MR) is 116 cm³/mol. The second kappa shape index (κ2) is 12.8. The van der Waals surface area contributed by atoms with Crippen LogP contribution in [-0.2, 0) is 23.9 Å². The van der Waals surface area contributed by atoms with Gasteiger partial charge in [-0.15, -0.1) is 0 Å². The van der Waals surface area contributed by atoms with Crippen molar-refractivity contribution in [2.75, 3.05) is 0 Å². The van der Waals surface area contributed by atoms with E-state index in [-0.39, 0.29) is 49.1 Å². The van der Waals surface area contributed by atoms with Gasteiger partial charge in [0.05, 0.1) is 6.10 Å². The Hall–Kier alpha value is -2.94. The fraction of sp³-hybridized carbons (Fsp3) is 0.565. The van der Waals surface area contributed by atoms with Gasteiger partial charge in [-0.3, -0.25) is 19.2 Å². The van der Waals surface area contributed by atoms with Crippen LogP contribution in [0.4, 0.5) is 0 Å². The number of carboxylic acid groups (broad SMARTS) is 1. The number of esters is 3. The summed E-state index contributed by atoms with van der Waals surface area (Å²) in [6, 6.07) is 3.11. The number of carbonyl (C=O) groups is 4. The molecule has 178 valence electrons. The first-order chi connectivity index (χ1) is 15.0. The molecule has 0 aliphatic carbocycles. The third-order valence-corrected chi connectivity index (χ3v) is 4.63. The van der Waals surface area contributed by atoms with Crippen LogP contribution < -0.4 is 15.2 Å². The first kappa shape index (κ1) is 27.1. The number of benzene rings is 1. The van der Waals surface area contributed by atoms with Gasteiger partial charge >= 0.3 is 23.9 Å². The van der Waals surface area contributed by atoms with Gasteiger partial charge in [0.25, 0.3) is 0 Å². The van der Waals surface area contributed by atoms with Gasteiger partial charge in [0.1, 0.15) is 6.04 Å². The van der Waals surface area contributed by atoms with Crippen LogP contribution in [0.1, 0.15) is 71.8 Å². The van der Waals surface area contributed by atoms with Gasteiger partial charge in [-0.05, 0) is 37.0 Å². The molecule has 0 amide bonds. The molecule has 9 nitrogen and oxygen atoms in total. The van der Waals surface area contributed by atoms with Crippen molar-refractivity contribution in [3.63, 3.8) is 0 Å². The summed E-state index contributed by atoms with van der Waals surface area (Å²) in [5.41, 5.74) is 6.38. The topological polar surface area (TPSA) is 142 Å². The smallest absolute Gasteiger partial charge is 0.321 e. The van der Waals surface area contributed by atoms with Crippen LogP contribution >= 0.6 is 0 Å². The molecule has 0 aliphatic rings. The lowest BCUT2D eigenvalue weighted by Crippen LogP contribution is -2.38. The number of hydrogen-bond donors (Lipinski definition) is 2. The highest BCUT2D eigenvalue weighted by Crippen LogP contribution is 2.35. The molecule has 0 fully saturated rings. The molecule has 3 N–H and O–H groups in total. The van der Waals surface area contributed by atoms with Crippen LogP contribution in [0.3, 0.4) is 0 Å². The predicted octanol–water partition coefficient (Wildman–Crippen LogP) is 3.18. The molecule has 0 bridgehead atoms. The van der Waals surface area contributed by atoms with Gasteiger partial charge in [-0.25, -0.2) is 0 Å². The van der Waals surface area contributed by atoms with E-state index in [2.05, 4.69) is 0 Å². The minimum absolute atomic E-state index is 0.0109. The van der Waals surface area contributed by atoms with Crippen LogP contribution in [0, 0.1) is 5.92 Å². The van der Waals surface area contributed by atoms with Gasteiger partial charge < -0.3 is 25.1 Å². The first-order valence-corrected chi connectivity index (χ1v) is 10.7. The maximum absolute atomic E-state index is 12.0. The van der Waals surface area contributed by atoms with Crippen molar-refractivity contribution in [1.82, 2.24) is 0 Å². The maximum Gasteiger partial charge on any atom is 0.321 e. The molecule has 0 heterocycles. The third-order valence-electron chi connectivity index (χ3n) is 4.63. The van der Waals surface area contributed by atoms with E-state index in [1.54, 1.807) is 26.8 Å². The van der Waals surface area contributed by atoms with E-state index in [4.69, 9.17) is 19.9 Å². The van der Waals surface area contributed by atoms with Crippen LogP contribution in [-0.4, -0.2) is 41.1 Å². The van der Waals surface area contributed by atoms with Crippen molar-refractivity contribution in [2.45, 2.75) is 78.4 Å². The van der Waals surface area contributed by atoms with Crippen LogP contribution in [0.25, 0.3) is 0 Å². The lowest BCUT2D eigenvalue weighted by atomic mass is 9.87. The molecular formula is C23H33NO8. The Morgan fingerprint density at radius 1 is 0.938 bits per heavy atom. The third kappa shape index (κ3) is 8.66. The molecule has 3 atom stereocenters. The molecule has 0 aromatic heterocycles. The molecule has 1 aromatic rings. The van der Waals surface area contributed by atoms with Gasteiger partial charge in [0, 0.05) is 25.2 Å². The molecule has 2 unspecified atom stereocenters. The second-order valence-electron chi connectivity index (χ2n) is 7.97. The normalized spacial score (nSPS) is 13.7. The summed E-state index contributed by atoms with van der Waals surface area (Å²) in [4.78, 5) is 47.2. The Kier molecular flexibility index (Phi) is 10.8. The molecule has 1 aromatic carbocycles. The van der Waals surface area contributed by atoms with Gasteiger partial charge in [-0.2, -0.15) is 0 Å². The van der Waals surface area contributed by atoms with Crippen molar-refractivity contribution in [1.29, 1.82) is 0 Å². The zero-order chi connectivity index (χ0) is 24.4. The van der Waals surface area contributed by atoms with E-state index in [0.29, 0.717) is 5.56 Å². The Bertz CT molecular complexity index is 820. The van der Waals surface area contributed by atoms with E-state index in [1.807, 2.05) is 13.8 Å². The van der Waals surface area contributed by atoms with E-state index >= 15 is 0 Å². The SMILES string of the molecule is CCC(=O)Oc1ccc(C(CC(C)OC(=O)CC(C)C)[C@H](N)C(=O)O)cc1OC(=O)CC.